The van der Waals surface area contributed by atoms with Gasteiger partial charge in [0.2, 0.25) is 0 Å². The predicted octanol–water partition coefficient (Wildman–Crippen LogP) is 2.88. The molecule has 0 radical (unpaired) electrons. The average Bonchev–Trinajstić information content (AvgIpc) is 2.77. The Labute approximate surface area is 188 Å². The van der Waals surface area contributed by atoms with Gasteiger partial charge in [-0.05, 0) is 35.4 Å². The van der Waals surface area contributed by atoms with E-state index in [1.165, 1.54) is 4.90 Å². The maximum Gasteiger partial charge on any atom is 0.264 e. The lowest BCUT2D eigenvalue weighted by molar-refractivity contribution is -0.144. The minimum atomic E-state index is -3.85. The molecule has 3 rings (SSSR count). The van der Waals surface area contributed by atoms with Gasteiger partial charge in [0.15, 0.2) is 6.10 Å². The summed E-state index contributed by atoms with van der Waals surface area (Å²) in [7, 11) is -2.30. The molecule has 1 aliphatic heterocycles. The van der Waals surface area contributed by atoms with Gasteiger partial charge in [0.1, 0.15) is 24.5 Å². The van der Waals surface area contributed by atoms with Crippen LogP contribution in [0.1, 0.15) is 12.0 Å². The first-order valence-electron chi connectivity index (χ1n) is 9.89. The molecule has 1 saturated heterocycles. The minimum absolute atomic E-state index is 0.0887. The first-order chi connectivity index (χ1) is 15.2. The molecule has 7 nitrogen and oxygen atoms in total. The van der Waals surface area contributed by atoms with Crippen molar-refractivity contribution in [1.29, 1.82) is 0 Å². The zero-order valence-corrected chi connectivity index (χ0v) is 18.7. The summed E-state index contributed by atoms with van der Waals surface area (Å²) in [6.07, 6.45) is 4.57. The van der Waals surface area contributed by atoms with Crippen molar-refractivity contribution in [3.8, 4) is 18.1 Å². The molecule has 8 heteroatoms. The van der Waals surface area contributed by atoms with Crippen molar-refractivity contribution in [2.45, 2.75) is 24.7 Å². The molecule has 0 unspecified atom stereocenters. The second kappa shape index (κ2) is 10.0. The zero-order valence-electron chi connectivity index (χ0n) is 17.9. The number of hydrogen-bond acceptors (Lipinski definition) is 6. The Bertz CT molecular complexity index is 1110. The standard InChI is InChI=1S/C24H25NO6S/c1-5-15-30-23-22(25(24(23)26)19-11-13-20(29-3)14-12-19)21(31-32(4,27)28)16-17(2)18-9-7-6-8-10-18/h1,6-14,21-23H,2,15-16H2,3-4H3/t21-,22+,23-/m1/s1. The normalized spacial score (nSPS) is 19.0. The van der Waals surface area contributed by atoms with E-state index in [0.29, 0.717) is 17.0 Å². The number of anilines is 1. The molecule has 0 aromatic heterocycles. The van der Waals surface area contributed by atoms with Crippen LogP contribution in [0, 0.1) is 12.3 Å². The SMILES string of the molecule is C#CCO[C@H]1C(=O)N(c2ccc(OC)cc2)[C@H]1[C@@H](CC(=C)c1ccccc1)OS(C)(=O)=O. The van der Waals surface area contributed by atoms with Crippen molar-refractivity contribution < 1.29 is 26.9 Å². The highest BCUT2D eigenvalue weighted by Crippen LogP contribution is 2.37. The third-order valence-corrected chi connectivity index (χ3v) is 5.69. The van der Waals surface area contributed by atoms with E-state index < -0.39 is 28.4 Å². The molecule has 0 spiro atoms. The van der Waals surface area contributed by atoms with Gasteiger partial charge in [0, 0.05) is 12.1 Å². The molecule has 2 aromatic carbocycles. The van der Waals surface area contributed by atoms with Gasteiger partial charge >= 0.3 is 0 Å². The third-order valence-electron chi connectivity index (χ3n) is 5.09. The number of amides is 1. The number of β-lactam (4-membered cyclic amide) rings is 1. The van der Waals surface area contributed by atoms with Gasteiger partial charge in [-0.2, -0.15) is 8.42 Å². The van der Waals surface area contributed by atoms with E-state index >= 15 is 0 Å². The van der Waals surface area contributed by atoms with E-state index in [-0.39, 0.29) is 18.9 Å². The summed E-state index contributed by atoms with van der Waals surface area (Å²) in [6.45, 7) is 4.01. The number of ether oxygens (including phenoxy) is 2. The van der Waals surface area contributed by atoms with Gasteiger partial charge < -0.3 is 14.4 Å². The number of carbonyl (C=O) groups is 1. The van der Waals surface area contributed by atoms with Crippen LogP contribution in [0.5, 0.6) is 5.75 Å². The highest BCUT2D eigenvalue weighted by Gasteiger charge is 2.54. The summed E-state index contributed by atoms with van der Waals surface area (Å²) in [5.41, 5.74) is 2.08. The van der Waals surface area contributed by atoms with Crippen LogP contribution in [0.25, 0.3) is 5.57 Å². The molecule has 2 aromatic rings. The molecule has 0 bridgehead atoms. The fourth-order valence-electron chi connectivity index (χ4n) is 3.67. The van der Waals surface area contributed by atoms with Crippen LogP contribution in [0.3, 0.4) is 0 Å². The molecule has 32 heavy (non-hydrogen) atoms. The van der Waals surface area contributed by atoms with E-state index in [0.717, 1.165) is 11.8 Å². The van der Waals surface area contributed by atoms with Crippen molar-refractivity contribution in [3.63, 3.8) is 0 Å². The number of methoxy groups -OCH3 is 1. The lowest BCUT2D eigenvalue weighted by atomic mass is 9.87. The lowest BCUT2D eigenvalue weighted by Gasteiger charge is -2.49. The molecule has 1 fully saturated rings. The second-order valence-corrected chi connectivity index (χ2v) is 8.95. The maximum absolute atomic E-state index is 12.9. The van der Waals surface area contributed by atoms with Crippen LogP contribution in [0.15, 0.2) is 61.2 Å². The van der Waals surface area contributed by atoms with Gasteiger partial charge in [-0.1, -0.05) is 42.8 Å². The van der Waals surface area contributed by atoms with Crippen LogP contribution >= 0.6 is 0 Å². The topological polar surface area (TPSA) is 82.1 Å². The summed E-state index contributed by atoms with van der Waals surface area (Å²) in [5, 5.41) is 0. The Balaban J connectivity index is 1.96. The van der Waals surface area contributed by atoms with Crippen molar-refractivity contribution in [2.75, 3.05) is 24.9 Å². The number of carbonyl (C=O) groups excluding carboxylic acids is 1. The zero-order chi connectivity index (χ0) is 23.3. The molecule has 168 valence electrons. The smallest absolute Gasteiger partial charge is 0.264 e. The van der Waals surface area contributed by atoms with Crippen molar-refractivity contribution in [2.24, 2.45) is 0 Å². The monoisotopic (exact) mass is 455 g/mol. The van der Waals surface area contributed by atoms with E-state index in [2.05, 4.69) is 12.5 Å². The summed E-state index contributed by atoms with van der Waals surface area (Å²) in [5.74, 6) is 2.64. The van der Waals surface area contributed by atoms with Crippen LogP contribution in [-0.2, 0) is 23.8 Å². The summed E-state index contributed by atoms with van der Waals surface area (Å²) in [4.78, 5) is 14.4. The highest BCUT2D eigenvalue weighted by atomic mass is 32.2. The number of rotatable bonds is 10. The first kappa shape index (κ1) is 23.5. The van der Waals surface area contributed by atoms with Gasteiger partial charge in [-0.15, -0.1) is 6.42 Å². The fourth-order valence-corrected chi connectivity index (χ4v) is 4.30. The Morgan fingerprint density at radius 2 is 1.84 bits per heavy atom. The number of benzene rings is 2. The van der Waals surface area contributed by atoms with Crippen LogP contribution in [-0.4, -0.2) is 52.5 Å². The van der Waals surface area contributed by atoms with Crippen LogP contribution in [0.4, 0.5) is 5.69 Å². The molecular formula is C24H25NO6S. The predicted molar refractivity (Wildman–Crippen MR) is 123 cm³/mol. The Hall–Kier alpha value is -3.12. The number of terminal acetylenes is 1. The van der Waals surface area contributed by atoms with Crippen LogP contribution < -0.4 is 9.64 Å². The number of nitrogens with zero attached hydrogens (tertiary/aromatic N) is 1. The Morgan fingerprint density at radius 1 is 1.19 bits per heavy atom. The van der Waals surface area contributed by atoms with Gasteiger partial charge in [-0.25, -0.2) is 0 Å². The van der Waals surface area contributed by atoms with Gasteiger partial charge in [0.25, 0.3) is 16.0 Å². The number of hydrogen-bond donors (Lipinski definition) is 0. The van der Waals surface area contributed by atoms with Crippen molar-refractivity contribution in [3.05, 3.63) is 66.7 Å². The molecule has 1 aliphatic rings. The summed E-state index contributed by atoms with van der Waals surface area (Å²) in [6, 6.07) is 15.5. The Morgan fingerprint density at radius 3 is 2.41 bits per heavy atom. The average molecular weight is 456 g/mol. The van der Waals surface area contributed by atoms with Crippen molar-refractivity contribution >= 4 is 27.3 Å². The van der Waals surface area contributed by atoms with Gasteiger partial charge in [-0.3, -0.25) is 8.98 Å². The van der Waals surface area contributed by atoms with E-state index in [4.69, 9.17) is 20.1 Å². The van der Waals surface area contributed by atoms with Crippen LogP contribution in [0.2, 0.25) is 0 Å². The molecule has 0 N–H and O–H groups in total. The Kier molecular flexibility index (Phi) is 7.36. The quantitative estimate of drug-likeness (QED) is 0.311. The first-order valence-corrected chi connectivity index (χ1v) is 11.7. The molecular weight excluding hydrogens is 430 g/mol. The van der Waals surface area contributed by atoms with E-state index in [1.807, 2.05) is 30.3 Å². The molecule has 0 saturated carbocycles. The lowest BCUT2D eigenvalue weighted by Crippen LogP contribution is -2.70. The largest absolute Gasteiger partial charge is 0.497 e. The minimum Gasteiger partial charge on any atom is -0.497 e. The summed E-state index contributed by atoms with van der Waals surface area (Å²) >= 11 is 0. The molecule has 1 heterocycles. The summed E-state index contributed by atoms with van der Waals surface area (Å²) < 4.78 is 40.4. The maximum atomic E-state index is 12.9. The van der Waals surface area contributed by atoms with E-state index in [1.54, 1.807) is 31.4 Å². The molecule has 0 aliphatic carbocycles. The second-order valence-electron chi connectivity index (χ2n) is 7.35. The van der Waals surface area contributed by atoms with Gasteiger partial charge in [0.05, 0.1) is 13.4 Å². The van der Waals surface area contributed by atoms with Crippen molar-refractivity contribution in [1.82, 2.24) is 0 Å². The van der Waals surface area contributed by atoms with E-state index in [9.17, 15) is 13.2 Å². The highest BCUT2D eigenvalue weighted by molar-refractivity contribution is 7.86. The third kappa shape index (κ3) is 5.37. The molecule has 3 atom stereocenters. The molecule has 1 amide bonds. The fraction of sp³-hybridized carbons (Fsp3) is 0.292.